The zero-order valence-corrected chi connectivity index (χ0v) is 9.16. The summed E-state index contributed by atoms with van der Waals surface area (Å²) in [7, 11) is 2.19. The maximum atomic E-state index is 3.60. The molecule has 3 heteroatoms. The minimum absolute atomic E-state index is 0.740. The van der Waals surface area contributed by atoms with E-state index in [2.05, 4.69) is 30.4 Å². The third-order valence-electron chi connectivity index (χ3n) is 2.49. The molecule has 0 aromatic heterocycles. The van der Waals surface area contributed by atoms with Gasteiger partial charge in [-0.3, -0.25) is 0 Å². The minimum Gasteiger partial charge on any atom is -0.312 e. The van der Waals surface area contributed by atoms with Crippen molar-refractivity contribution < 1.29 is 0 Å². The van der Waals surface area contributed by atoms with Crippen LogP contribution in [-0.4, -0.2) is 49.1 Å². The predicted octanol–water partition coefficient (Wildman–Crippen LogP) is 1.03. The molecule has 1 fully saturated rings. The van der Waals surface area contributed by atoms with E-state index in [4.69, 9.17) is 0 Å². The van der Waals surface area contributed by atoms with Crippen molar-refractivity contribution in [3.05, 3.63) is 0 Å². The molecule has 1 heterocycles. The maximum Gasteiger partial charge on any atom is 0.0207 e. The van der Waals surface area contributed by atoms with E-state index in [0.29, 0.717) is 0 Å². The minimum atomic E-state index is 0.740. The van der Waals surface area contributed by atoms with Gasteiger partial charge in [-0.25, -0.2) is 0 Å². The van der Waals surface area contributed by atoms with Gasteiger partial charge in [0, 0.05) is 24.4 Å². The van der Waals surface area contributed by atoms with E-state index in [9.17, 15) is 0 Å². The topological polar surface area (TPSA) is 15.3 Å². The lowest BCUT2D eigenvalue weighted by Gasteiger charge is -2.15. The lowest BCUT2D eigenvalue weighted by Crippen LogP contribution is -2.35. The van der Waals surface area contributed by atoms with Crippen molar-refractivity contribution >= 4 is 11.8 Å². The number of hydrogen-bond donors (Lipinski definition) is 1. The second-order valence-corrected chi connectivity index (χ2v) is 4.98. The van der Waals surface area contributed by atoms with Gasteiger partial charge in [-0.1, -0.05) is 6.92 Å². The molecule has 2 nitrogen and oxygen atoms in total. The first kappa shape index (κ1) is 10.4. The molecule has 0 saturated carbocycles. The van der Waals surface area contributed by atoms with Crippen LogP contribution in [0.3, 0.4) is 0 Å². The van der Waals surface area contributed by atoms with E-state index in [1.54, 1.807) is 0 Å². The van der Waals surface area contributed by atoms with Gasteiger partial charge in [0.2, 0.25) is 0 Å². The van der Waals surface area contributed by atoms with Gasteiger partial charge in [0.1, 0.15) is 0 Å². The lowest BCUT2D eigenvalue weighted by molar-refractivity contribution is 0.398. The van der Waals surface area contributed by atoms with Gasteiger partial charge in [0.05, 0.1) is 0 Å². The molecule has 0 aliphatic carbocycles. The van der Waals surface area contributed by atoms with Gasteiger partial charge in [-0.2, -0.15) is 11.8 Å². The highest BCUT2D eigenvalue weighted by Gasteiger charge is 2.18. The van der Waals surface area contributed by atoms with Crippen molar-refractivity contribution in [1.82, 2.24) is 10.2 Å². The Morgan fingerprint density at radius 1 is 1.67 bits per heavy atom. The number of thioether (sulfide) groups is 1. The average molecular weight is 188 g/mol. The molecule has 2 atom stereocenters. The van der Waals surface area contributed by atoms with Crippen LogP contribution < -0.4 is 5.32 Å². The molecule has 1 saturated heterocycles. The summed E-state index contributed by atoms with van der Waals surface area (Å²) in [6.45, 7) is 5.91. The summed E-state index contributed by atoms with van der Waals surface area (Å²) in [6, 6.07) is 0.740. The number of hydrogen-bond acceptors (Lipinski definition) is 3. The number of rotatable bonds is 4. The standard InChI is InChI=1S/C9H20N2S/c1-8(12-3)6-10-9-4-5-11(2)7-9/h8-10H,4-7H2,1-3H3. The first-order valence-electron chi connectivity index (χ1n) is 4.67. The Hall–Kier alpha value is 0.270. The van der Waals surface area contributed by atoms with Crippen molar-refractivity contribution in [3.8, 4) is 0 Å². The molecular weight excluding hydrogens is 168 g/mol. The van der Waals surface area contributed by atoms with Crippen LogP contribution in [0.4, 0.5) is 0 Å². The molecule has 1 aliphatic heterocycles. The Bertz CT molecular complexity index is 130. The SMILES string of the molecule is CSC(C)CNC1CCN(C)C1. The van der Waals surface area contributed by atoms with Crippen LogP contribution in [0.1, 0.15) is 13.3 Å². The van der Waals surface area contributed by atoms with Crippen LogP contribution in [0, 0.1) is 0 Å². The van der Waals surface area contributed by atoms with Crippen molar-refractivity contribution in [2.24, 2.45) is 0 Å². The molecule has 0 spiro atoms. The van der Waals surface area contributed by atoms with Crippen LogP contribution in [-0.2, 0) is 0 Å². The highest BCUT2D eigenvalue weighted by Crippen LogP contribution is 2.08. The predicted molar refractivity (Wildman–Crippen MR) is 56.9 cm³/mol. The fraction of sp³-hybridized carbons (Fsp3) is 1.00. The Morgan fingerprint density at radius 2 is 2.42 bits per heavy atom. The molecule has 2 unspecified atom stereocenters. The quantitative estimate of drug-likeness (QED) is 0.709. The highest BCUT2D eigenvalue weighted by molar-refractivity contribution is 7.99. The molecule has 72 valence electrons. The third kappa shape index (κ3) is 3.33. The summed E-state index contributed by atoms with van der Waals surface area (Å²) >= 11 is 1.93. The molecular formula is C9H20N2S. The second-order valence-electron chi connectivity index (χ2n) is 3.70. The van der Waals surface area contributed by atoms with Gasteiger partial charge in [-0.05, 0) is 26.3 Å². The summed E-state index contributed by atoms with van der Waals surface area (Å²) in [5.41, 5.74) is 0. The average Bonchev–Trinajstić information content (AvgIpc) is 2.47. The van der Waals surface area contributed by atoms with Gasteiger partial charge in [-0.15, -0.1) is 0 Å². The molecule has 0 aromatic rings. The smallest absolute Gasteiger partial charge is 0.0207 e. The Balaban J connectivity index is 2.07. The van der Waals surface area contributed by atoms with Crippen molar-refractivity contribution in [2.75, 3.05) is 32.9 Å². The van der Waals surface area contributed by atoms with Crippen LogP contribution in [0.15, 0.2) is 0 Å². The molecule has 0 bridgehead atoms. The normalized spacial score (nSPS) is 27.8. The molecule has 1 rings (SSSR count). The largest absolute Gasteiger partial charge is 0.312 e. The van der Waals surface area contributed by atoms with Crippen LogP contribution in [0.5, 0.6) is 0 Å². The molecule has 12 heavy (non-hydrogen) atoms. The Kier molecular flexibility index (Phi) is 4.40. The summed E-state index contributed by atoms with van der Waals surface area (Å²) in [6.07, 6.45) is 3.49. The number of nitrogens with one attached hydrogen (secondary N) is 1. The number of nitrogens with zero attached hydrogens (tertiary/aromatic N) is 1. The summed E-state index contributed by atoms with van der Waals surface area (Å²) in [4.78, 5) is 2.39. The Morgan fingerprint density at radius 3 is 2.92 bits per heavy atom. The zero-order chi connectivity index (χ0) is 8.97. The third-order valence-corrected chi connectivity index (χ3v) is 3.46. The van der Waals surface area contributed by atoms with Gasteiger partial charge >= 0.3 is 0 Å². The Labute approximate surface area is 80.1 Å². The van der Waals surface area contributed by atoms with Crippen LogP contribution in [0.2, 0.25) is 0 Å². The summed E-state index contributed by atoms with van der Waals surface area (Å²) < 4.78 is 0. The van der Waals surface area contributed by atoms with Crippen molar-refractivity contribution in [1.29, 1.82) is 0 Å². The fourth-order valence-electron chi connectivity index (χ4n) is 1.52. The molecule has 0 aromatic carbocycles. The summed E-state index contributed by atoms with van der Waals surface area (Å²) in [5.74, 6) is 0. The first-order valence-corrected chi connectivity index (χ1v) is 5.96. The van der Waals surface area contributed by atoms with Gasteiger partial charge in [0.25, 0.3) is 0 Å². The number of likely N-dealkylation sites (tertiary alicyclic amines) is 1. The van der Waals surface area contributed by atoms with E-state index >= 15 is 0 Å². The summed E-state index contributed by atoms with van der Waals surface area (Å²) in [5, 5.41) is 4.35. The fourth-order valence-corrected chi connectivity index (χ4v) is 1.78. The van der Waals surface area contributed by atoms with E-state index in [1.807, 2.05) is 11.8 Å². The molecule has 0 amide bonds. The van der Waals surface area contributed by atoms with Crippen LogP contribution >= 0.6 is 11.8 Å². The second kappa shape index (κ2) is 5.10. The monoisotopic (exact) mass is 188 g/mol. The lowest BCUT2D eigenvalue weighted by atomic mass is 10.2. The van der Waals surface area contributed by atoms with Crippen molar-refractivity contribution in [2.45, 2.75) is 24.6 Å². The highest BCUT2D eigenvalue weighted by atomic mass is 32.2. The van der Waals surface area contributed by atoms with Crippen LogP contribution in [0.25, 0.3) is 0 Å². The van der Waals surface area contributed by atoms with Gasteiger partial charge in [0.15, 0.2) is 0 Å². The van der Waals surface area contributed by atoms with E-state index in [1.165, 1.54) is 19.5 Å². The number of likely N-dealkylation sites (N-methyl/N-ethyl adjacent to an activating group) is 1. The maximum absolute atomic E-state index is 3.60. The molecule has 1 N–H and O–H groups in total. The molecule has 1 aliphatic rings. The van der Waals surface area contributed by atoms with Crippen molar-refractivity contribution in [3.63, 3.8) is 0 Å². The zero-order valence-electron chi connectivity index (χ0n) is 8.34. The van der Waals surface area contributed by atoms with Gasteiger partial charge < -0.3 is 10.2 Å². The van der Waals surface area contributed by atoms with E-state index < -0.39 is 0 Å². The van der Waals surface area contributed by atoms with E-state index in [-0.39, 0.29) is 0 Å². The molecule has 0 radical (unpaired) electrons. The van der Waals surface area contributed by atoms with E-state index in [0.717, 1.165) is 17.8 Å². The first-order chi connectivity index (χ1) is 5.72.